The molecule has 1 aliphatic carbocycles. The van der Waals surface area contributed by atoms with E-state index in [4.69, 9.17) is 0 Å². The fourth-order valence-electron chi connectivity index (χ4n) is 2.39. The first-order valence-electron chi connectivity index (χ1n) is 6.48. The Morgan fingerprint density at radius 2 is 2.00 bits per heavy atom. The Morgan fingerprint density at radius 3 is 2.65 bits per heavy atom. The highest BCUT2D eigenvalue weighted by molar-refractivity contribution is 5.36. The summed E-state index contributed by atoms with van der Waals surface area (Å²) in [7, 11) is 2.02. The molecule has 1 unspecified atom stereocenters. The summed E-state index contributed by atoms with van der Waals surface area (Å²) < 4.78 is 0. The van der Waals surface area contributed by atoms with Crippen LogP contribution in [0.2, 0.25) is 0 Å². The molecule has 0 heterocycles. The molecule has 1 aliphatic rings. The minimum Gasteiger partial charge on any atom is -0.320 e. The van der Waals surface area contributed by atoms with Gasteiger partial charge in [0.15, 0.2) is 0 Å². The van der Waals surface area contributed by atoms with Gasteiger partial charge >= 0.3 is 0 Å². The molecule has 0 amide bonds. The van der Waals surface area contributed by atoms with Gasteiger partial charge in [0, 0.05) is 5.92 Å². The Morgan fingerprint density at radius 1 is 1.18 bits per heavy atom. The van der Waals surface area contributed by atoms with E-state index >= 15 is 0 Å². The highest BCUT2D eigenvalue weighted by Gasteiger charge is 2.15. The molecule has 0 radical (unpaired) electrons. The second-order valence-corrected chi connectivity index (χ2v) is 4.54. The van der Waals surface area contributed by atoms with E-state index in [-0.39, 0.29) is 0 Å². The second-order valence-electron chi connectivity index (χ2n) is 4.54. The van der Waals surface area contributed by atoms with E-state index in [0.717, 1.165) is 13.0 Å². The Kier molecular flexibility index (Phi) is 4.57. The molecule has 1 nitrogen and oxygen atoms in total. The lowest BCUT2D eigenvalue weighted by molar-refractivity contribution is 0.657. The molecule has 1 atom stereocenters. The maximum atomic E-state index is 3.26. The van der Waals surface area contributed by atoms with E-state index in [1.165, 1.54) is 24.0 Å². The van der Waals surface area contributed by atoms with Crippen molar-refractivity contribution >= 4 is 0 Å². The van der Waals surface area contributed by atoms with E-state index < -0.39 is 0 Å². The lowest BCUT2D eigenvalue weighted by Crippen LogP contribution is -2.13. The van der Waals surface area contributed by atoms with Crippen molar-refractivity contribution in [3.8, 4) is 0 Å². The van der Waals surface area contributed by atoms with Crippen molar-refractivity contribution in [3.63, 3.8) is 0 Å². The van der Waals surface area contributed by atoms with Gasteiger partial charge in [0.05, 0.1) is 0 Å². The zero-order chi connectivity index (χ0) is 11.9. The number of allylic oxidation sites excluding steroid dienone is 4. The van der Waals surface area contributed by atoms with Gasteiger partial charge in [0.25, 0.3) is 0 Å². The number of hydrogen-bond acceptors (Lipinski definition) is 1. The van der Waals surface area contributed by atoms with Gasteiger partial charge in [-0.05, 0) is 44.0 Å². The van der Waals surface area contributed by atoms with Crippen LogP contribution in [0.4, 0.5) is 0 Å². The minimum atomic E-state index is 0.542. The van der Waals surface area contributed by atoms with Crippen LogP contribution >= 0.6 is 0 Å². The summed E-state index contributed by atoms with van der Waals surface area (Å²) in [4.78, 5) is 0. The van der Waals surface area contributed by atoms with E-state index in [9.17, 15) is 0 Å². The van der Waals surface area contributed by atoms with Gasteiger partial charge in [0.1, 0.15) is 0 Å². The van der Waals surface area contributed by atoms with Crippen LogP contribution in [-0.2, 0) is 0 Å². The molecule has 1 N–H and O–H groups in total. The molecular weight excluding hydrogens is 206 g/mol. The summed E-state index contributed by atoms with van der Waals surface area (Å²) in [5.74, 6) is 0.542. The molecule has 0 aromatic heterocycles. The zero-order valence-electron chi connectivity index (χ0n) is 10.5. The van der Waals surface area contributed by atoms with Crippen molar-refractivity contribution in [3.05, 3.63) is 59.7 Å². The van der Waals surface area contributed by atoms with Crippen LogP contribution in [0.15, 0.2) is 54.1 Å². The summed E-state index contributed by atoms with van der Waals surface area (Å²) >= 11 is 0. The van der Waals surface area contributed by atoms with Gasteiger partial charge < -0.3 is 5.32 Å². The maximum Gasteiger partial charge on any atom is 0.00981 e. The summed E-state index contributed by atoms with van der Waals surface area (Å²) in [6, 6.07) is 10.8. The van der Waals surface area contributed by atoms with Crippen LogP contribution in [0.1, 0.15) is 30.7 Å². The Labute approximate surface area is 104 Å². The topological polar surface area (TPSA) is 12.0 Å². The van der Waals surface area contributed by atoms with Crippen molar-refractivity contribution < 1.29 is 0 Å². The van der Waals surface area contributed by atoms with Crippen LogP contribution in [-0.4, -0.2) is 13.6 Å². The third-order valence-corrected chi connectivity index (χ3v) is 3.31. The van der Waals surface area contributed by atoms with E-state index in [1.807, 2.05) is 7.05 Å². The van der Waals surface area contributed by atoms with Crippen LogP contribution in [0.25, 0.3) is 0 Å². The van der Waals surface area contributed by atoms with Crippen molar-refractivity contribution in [1.29, 1.82) is 0 Å². The molecule has 0 saturated heterocycles. The standard InChI is InChI=1S/C16H21N/c1-17-13-12-16(14-8-4-2-5-9-14)15-10-6-3-7-11-15/h2,4-6,8-11,16-17H,3,7,12-13H2,1H3. The van der Waals surface area contributed by atoms with Crippen molar-refractivity contribution in [2.75, 3.05) is 13.6 Å². The molecule has 0 bridgehead atoms. The van der Waals surface area contributed by atoms with E-state index in [1.54, 1.807) is 0 Å². The monoisotopic (exact) mass is 227 g/mol. The van der Waals surface area contributed by atoms with Gasteiger partial charge in [-0.2, -0.15) is 0 Å². The zero-order valence-corrected chi connectivity index (χ0v) is 10.5. The van der Waals surface area contributed by atoms with E-state index in [2.05, 4.69) is 53.9 Å². The quantitative estimate of drug-likeness (QED) is 0.809. The highest BCUT2D eigenvalue weighted by Crippen LogP contribution is 2.30. The Balaban J connectivity index is 2.19. The average Bonchev–Trinajstić information content (AvgIpc) is 2.42. The maximum absolute atomic E-state index is 3.26. The lowest BCUT2D eigenvalue weighted by Gasteiger charge is -2.20. The summed E-state index contributed by atoms with van der Waals surface area (Å²) in [6.07, 6.45) is 10.5. The number of benzene rings is 1. The first kappa shape index (κ1) is 12.1. The van der Waals surface area contributed by atoms with Crippen LogP contribution < -0.4 is 5.32 Å². The predicted octanol–water partition coefficient (Wildman–Crippen LogP) is 3.66. The van der Waals surface area contributed by atoms with Gasteiger partial charge in [-0.25, -0.2) is 0 Å². The summed E-state index contributed by atoms with van der Waals surface area (Å²) in [6.45, 7) is 1.06. The molecule has 1 heteroatoms. The Bertz CT molecular complexity index is 389. The largest absolute Gasteiger partial charge is 0.320 e. The molecule has 1 aromatic rings. The smallest absolute Gasteiger partial charge is 0.00981 e. The third kappa shape index (κ3) is 3.31. The number of nitrogens with one attached hydrogen (secondary N) is 1. The third-order valence-electron chi connectivity index (χ3n) is 3.31. The fraction of sp³-hybridized carbons (Fsp3) is 0.375. The van der Waals surface area contributed by atoms with Gasteiger partial charge in [-0.15, -0.1) is 0 Å². The first-order valence-corrected chi connectivity index (χ1v) is 6.48. The SMILES string of the molecule is CNCCC(C1=CCCC=C1)c1ccccc1. The molecule has 1 aromatic carbocycles. The average molecular weight is 227 g/mol. The fourth-order valence-corrected chi connectivity index (χ4v) is 2.39. The van der Waals surface area contributed by atoms with E-state index in [0.29, 0.717) is 5.92 Å². The molecule has 17 heavy (non-hydrogen) atoms. The van der Waals surface area contributed by atoms with Crippen LogP contribution in [0.5, 0.6) is 0 Å². The van der Waals surface area contributed by atoms with Crippen molar-refractivity contribution in [1.82, 2.24) is 5.32 Å². The van der Waals surface area contributed by atoms with Crippen LogP contribution in [0, 0.1) is 0 Å². The van der Waals surface area contributed by atoms with Crippen molar-refractivity contribution in [2.24, 2.45) is 0 Å². The molecule has 0 aliphatic heterocycles. The van der Waals surface area contributed by atoms with Crippen LogP contribution in [0.3, 0.4) is 0 Å². The van der Waals surface area contributed by atoms with Crippen molar-refractivity contribution in [2.45, 2.75) is 25.2 Å². The molecule has 90 valence electrons. The molecule has 0 saturated carbocycles. The van der Waals surface area contributed by atoms with Gasteiger partial charge in [0.2, 0.25) is 0 Å². The number of hydrogen-bond donors (Lipinski definition) is 1. The van der Waals surface area contributed by atoms with Gasteiger partial charge in [-0.3, -0.25) is 0 Å². The Hall–Kier alpha value is -1.34. The summed E-state index contributed by atoms with van der Waals surface area (Å²) in [5, 5.41) is 3.26. The lowest BCUT2D eigenvalue weighted by atomic mass is 9.85. The number of rotatable bonds is 5. The molecule has 0 spiro atoms. The summed E-state index contributed by atoms with van der Waals surface area (Å²) in [5.41, 5.74) is 2.92. The van der Waals surface area contributed by atoms with Gasteiger partial charge in [-0.1, -0.05) is 48.6 Å². The first-order chi connectivity index (χ1) is 8.42. The molecule has 0 fully saturated rings. The predicted molar refractivity (Wildman–Crippen MR) is 74.2 cm³/mol. The normalized spacial score (nSPS) is 16.6. The molecular formula is C16H21N. The highest BCUT2D eigenvalue weighted by atomic mass is 14.8. The molecule has 2 rings (SSSR count). The minimum absolute atomic E-state index is 0.542. The second kappa shape index (κ2) is 6.41.